The van der Waals surface area contributed by atoms with Crippen molar-refractivity contribution in [1.29, 1.82) is 0 Å². The van der Waals surface area contributed by atoms with Crippen molar-refractivity contribution >= 4 is 21.1 Å². The Bertz CT molecular complexity index is 713. The highest BCUT2D eigenvalue weighted by Crippen LogP contribution is 2.30. The normalized spacial score (nSPS) is 25.1. The van der Waals surface area contributed by atoms with Crippen LogP contribution in [-0.2, 0) is 10.0 Å². The van der Waals surface area contributed by atoms with Crippen LogP contribution >= 0.6 is 0 Å². The van der Waals surface area contributed by atoms with E-state index in [0.29, 0.717) is 11.1 Å². The van der Waals surface area contributed by atoms with Gasteiger partial charge in [0, 0.05) is 18.2 Å². The molecule has 0 N–H and O–H groups in total. The van der Waals surface area contributed by atoms with Crippen LogP contribution in [0.5, 0.6) is 0 Å². The Morgan fingerprint density at radius 3 is 2.65 bits per heavy atom. The predicted octanol–water partition coefficient (Wildman–Crippen LogP) is 2.78. The first-order valence-corrected chi connectivity index (χ1v) is 8.31. The van der Waals surface area contributed by atoms with Crippen LogP contribution in [0.1, 0.15) is 33.1 Å². The first-order valence-electron chi connectivity index (χ1n) is 6.87. The minimum Gasteiger partial charge on any atom is -0.443 e. The zero-order valence-electron chi connectivity index (χ0n) is 11.6. The van der Waals surface area contributed by atoms with Gasteiger partial charge in [-0.2, -0.15) is 4.31 Å². The number of hydrogen-bond acceptors (Lipinski definition) is 4. The minimum absolute atomic E-state index is 0.0363. The lowest BCUT2D eigenvalue weighted by atomic mass is 10.0. The third kappa shape index (κ3) is 2.13. The molecule has 2 atom stereocenters. The Hall–Kier alpha value is -1.40. The number of piperidine rings is 1. The largest absolute Gasteiger partial charge is 0.443 e. The van der Waals surface area contributed by atoms with Gasteiger partial charge in [-0.25, -0.2) is 13.4 Å². The molecule has 2 heterocycles. The lowest BCUT2D eigenvalue weighted by molar-refractivity contribution is 0.204. The van der Waals surface area contributed by atoms with Gasteiger partial charge in [0.1, 0.15) is 5.52 Å². The quantitative estimate of drug-likeness (QED) is 0.854. The fourth-order valence-electron chi connectivity index (χ4n) is 2.99. The molecule has 1 fully saturated rings. The SMILES string of the molecule is CC1CCCC(C)N1S(=O)(=O)c1ccc2ncoc2c1. The summed E-state index contributed by atoms with van der Waals surface area (Å²) in [4.78, 5) is 4.29. The smallest absolute Gasteiger partial charge is 0.243 e. The van der Waals surface area contributed by atoms with E-state index in [9.17, 15) is 8.42 Å². The summed E-state index contributed by atoms with van der Waals surface area (Å²) in [6.07, 6.45) is 4.23. The molecule has 5 nitrogen and oxygen atoms in total. The second-order valence-corrected chi connectivity index (χ2v) is 7.29. The maximum absolute atomic E-state index is 12.8. The van der Waals surface area contributed by atoms with Gasteiger partial charge in [0.15, 0.2) is 12.0 Å². The number of oxazole rings is 1. The van der Waals surface area contributed by atoms with E-state index in [1.165, 1.54) is 6.39 Å². The van der Waals surface area contributed by atoms with Gasteiger partial charge in [-0.3, -0.25) is 0 Å². The predicted molar refractivity (Wildman–Crippen MR) is 75.8 cm³/mol. The third-order valence-electron chi connectivity index (χ3n) is 3.99. The number of rotatable bonds is 2. The molecule has 2 unspecified atom stereocenters. The fourth-order valence-corrected chi connectivity index (χ4v) is 4.89. The maximum Gasteiger partial charge on any atom is 0.243 e. The van der Waals surface area contributed by atoms with E-state index in [0.717, 1.165) is 19.3 Å². The van der Waals surface area contributed by atoms with Gasteiger partial charge in [-0.05, 0) is 38.8 Å². The van der Waals surface area contributed by atoms with Crippen LogP contribution in [-0.4, -0.2) is 29.8 Å². The molecular formula is C14H18N2O3S. The second-order valence-electron chi connectivity index (χ2n) is 5.45. The summed E-state index contributed by atoms with van der Waals surface area (Å²) in [5, 5.41) is 0. The first kappa shape index (κ1) is 13.6. The molecule has 0 saturated carbocycles. The van der Waals surface area contributed by atoms with Crippen molar-refractivity contribution in [2.45, 2.75) is 50.1 Å². The van der Waals surface area contributed by atoms with Crippen LogP contribution < -0.4 is 0 Å². The minimum atomic E-state index is -3.48. The van der Waals surface area contributed by atoms with Gasteiger partial charge < -0.3 is 4.42 Å². The molecule has 1 aliphatic heterocycles. The van der Waals surface area contributed by atoms with E-state index >= 15 is 0 Å². The summed E-state index contributed by atoms with van der Waals surface area (Å²) in [5.41, 5.74) is 1.17. The lowest BCUT2D eigenvalue weighted by Crippen LogP contribution is -2.47. The number of hydrogen-bond donors (Lipinski definition) is 0. The molecule has 0 radical (unpaired) electrons. The van der Waals surface area contributed by atoms with Crippen molar-refractivity contribution in [1.82, 2.24) is 9.29 Å². The van der Waals surface area contributed by atoms with Gasteiger partial charge in [-0.15, -0.1) is 0 Å². The van der Waals surface area contributed by atoms with Crippen LogP contribution in [0.4, 0.5) is 0 Å². The summed E-state index contributed by atoms with van der Waals surface area (Å²) in [6.45, 7) is 3.94. The van der Waals surface area contributed by atoms with Gasteiger partial charge in [0.25, 0.3) is 0 Å². The standard InChI is InChI=1S/C14H18N2O3S/c1-10-4-3-5-11(2)16(10)20(17,18)12-6-7-13-14(8-12)19-9-15-13/h6-11H,3-5H2,1-2H3. The van der Waals surface area contributed by atoms with Crippen LogP contribution in [0.15, 0.2) is 33.9 Å². The van der Waals surface area contributed by atoms with Gasteiger partial charge in [0.2, 0.25) is 10.0 Å². The molecule has 1 aromatic carbocycles. The molecule has 0 aliphatic carbocycles. The zero-order valence-corrected chi connectivity index (χ0v) is 12.4. The highest BCUT2D eigenvalue weighted by Gasteiger charge is 2.35. The average Bonchev–Trinajstić information content (AvgIpc) is 2.85. The molecule has 108 valence electrons. The number of aromatic nitrogens is 1. The zero-order chi connectivity index (χ0) is 14.3. The molecule has 6 heteroatoms. The van der Waals surface area contributed by atoms with Crippen molar-refractivity contribution in [3.63, 3.8) is 0 Å². The number of sulfonamides is 1. The molecule has 0 bridgehead atoms. The number of benzene rings is 1. The second kappa shape index (κ2) is 4.86. The van der Waals surface area contributed by atoms with Crippen LogP contribution in [0.3, 0.4) is 0 Å². The van der Waals surface area contributed by atoms with Crippen molar-refractivity contribution in [2.75, 3.05) is 0 Å². The van der Waals surface area contributed by atoms with E-state index in [2.05, 4.69) is 4.98 Å². The van der Waals surface area contributed by atoms with Crippen LogP contribution in [0, 0.1) is 0 Å². The molecule has 20 heavy (non-hydrogen) atoms. The summed E-state index contributed by atoms with van der Waals surface area (Å²) in [6, 6.07) is 4.92. The molecule has 1 aromatic heterocycles. The van der Waals surface area contributed by atoms with Crippen LogP contribution in [0.2, 0.25) is 0 Å². The topological polar surface area (TPSA) is 63.4 Å². The van der Waals surface area contributed by atoms with Crippen molar-refractivity contribution in [3.05, 3.63) is 24.6 Å². The average molecular weight is 294 g/mol. The summed E-state index contributed by atoms with van der Waals surface area (Å²) >= 11 is 0. The Morgan fingerprint density at radius 2 is 1.95 bits per heavy atom. The maximum atomic E-state index is 12.8. The summed E-state index contributed by atoms with van der Waals surface area (Å²) < 4.78 is 32.5. The monoisotopic (exact) mass is 294 g/mol. The highest BCUT2D eigenvalue weighted by molar-refractivity contribution is 7.89. The van der Waals surface area contributed by atoms with Gasteiger partial charge in [-0.1, -0.05) is 6.42 Å². The van der Waals surface area contributed by atoms with Gasteiger partial charge >= 0.3 is 0 Å². The highest BCUT2D eigenvalue weighted by atomic mass is 32.2. The molecule has 0 amide bonds. The molecule has 0 spiro atoms. The number of nitrogens with zero attached hydrogens (tertiary/aromatic N) is 2. The Morgan fingerprint density at radius 1 is 1.25 bits per heavy atom. The van der Waals surface area contributed by atoms with Crippen molar-refractivity contribution in [3.8, 4) is 0 Å². The fraction of sp³-hybridized carbons (Fsp3) is 0.500. The number of fused-ring (bicyclic) bond motifs is 1. The van der Waals surface area contributed by atoms with E-state index in [4.69, 9.17) is 4.42 Å². The van der Waals surface area contributed by atoms with Crippen molar-refractivity contribution < 1.29 is 12.8 Å². The van der Waals surface area contributed by atoms with E-state index in [-0.39, 0.29) is 17.0 Å². The summed E-state index contributed by atoms with van der Waals surface area (Å²) in [5.74, 6) is 0. The van der Waals surface area contributed by atoms with E-state index < -0.39 is 10.0 Å². The molecule has 3 rings (SSSR count). The molecular weight excluding hydrogens is 276 g/mol. The Kier molecular flexibility index (Phi) is 3.30. The lowest BCUT2D eigenvalue weighted by Gasteiger charge is -2.37. The first-order chi connectivity index (χ1) is 9.50. The van der Waals surface area contributed by atoms with E-state index in [1.807, 2.05) is 13.8 Å². The molecule has 2 aromatic rings. The van der Waals surface area contributed by atoms with E-state index in [1.54, 1.807) is 22.5 Å². The van der Waals surface area contributed by atoms with Gasteiger partial charge in [0.05, 0.1) is 4.90 Å². The third-order valence-corrected chi connectivity index (χ3v) is 6.12. The summed E-state index contributed by atoms with van der Waals surface area (Å²) in [7, 11) is -3.48. The van der Waals surface area contributed by atoms with Crippen molar-refractivity contribution in [2.24, 2.45) is 0 Å². The Balaban J connectivity index is 2.05. The molecule has 1 aliphatic rings. The molecule has 1 saturated heterocycles. The van der Waals surface area contributed by atoms with Crippen LogP contribution in [0.25, 0.3) is 11.1 Å². The Labute approximate surface area is 118 Å².